The molecule has 0 unspecified atom stereocenters. The van der Waals surface area contributed by atoms with Gasteiger partial charge in [0.15, 0.2) is 5.69 Å². The molecule has 30 heavy (non-hydrogen) atoms. The Hall–Kier alpha value is -3.30. The fraction of sp³-hybridized carbons (Fsp3) is 0.350. The number of rotatable bonds is 4. The Balaban J connectivity index is 1.89. The van der Waals surface area contributed by atoms with E-state index in [0.717, 1.165) is 16.0 Å². The molecule has 1 amide bonds. The molecule has 2 aromatic rings. The molecule has 2 heterocycles. The molecule has 10 heteroatoms. The van der Waals surface area contributed by atoms with Gasteiger partial charge in [-0.2, -0.15) is 18.3 Å². The lowest BCUT2D eigenvalue weighted by Crippen LogP contribution is -2.40. The van der Waals surface area contributed by atoms with Gasteiger partial charge in [-0.1, -0.05) is 12.1 Å². The smallest absolute Gasteiger partial charge is 0.391 e. The van der Waals surface area contributed by atoms with Gasteiger partial charge in [-0.25, -0.2) is 4.99 Å². The van der Waals surface area contributed by atoms with Crippen LogP contribution in [-0.4, -0.2) is 46.6 Å². The second-order valence-electron chi connectivity index (χ2n) is 7.00. The molecule has 160 valence electrons. The van der Waals surface area contributed by atoms with Gasteiger partial charge in [-0.05, 0) is 17.7 Å². The van der Waals surface area contributed by atoms with Crippen molar-refractivity contribution in [3.63, 3.8) is 0 Å². The van der Waals surface area contributed by atoms with Gasteiger partial charge in [0, 0.05) is 57.0 Å². The van der Waals surface area contributed by atoms with Crippen LogP contribution in [0.5, 0.6) is 0 Å². The van der Waals surface area contributed by atoms with Crippen LogP contribution in [0, 0.1) is 0 Å². The van der Waals surface area contributed by atoms with Crippen LogP contribution in [0.2, 0.25) is 0 Å². The van der Waals surface area contributed by atoms with Crippen molar-refractivity contribution in [1.82, 2.24) is 20.0 Å². The van der Waals surface area contributed by atoms with E-state index in [1.807, 2.05) is 0 Å². The Morgan fingerprint density at radius 1 is 1.27 bits per heavy atom. The number of nitrogens with zero attached hydrogens (tertiary/aromatic N) is 4. The van der Waals surface area contributed by atoms with E-state index in [9.17, 15) is 18.0 Å². The van der Waals surface area contributed by atoms with Crippen molar-refractivity contribution in [2.24, 2.45) is 17.8 Å². The third-order valence-electron chi connectivity index (χ3n) is 4.93. The summed E-state index contributed by atoms with van der Waals surface area (Å²) in [7, 11) is 3.23. The lowest BCUT2D eigenvalue weighted by atomic mass is 10.0. The van der Waals surface area contributed by atoms with E-state index < -0.39 is 11.9 Å². The molecule has 0 aliphatic carbocycles. The van der Waals surface area contributed by atoms with E-state index in [4.69, 9.17) is 5.73 Å². The molecule has 3 N–H and O–H groups in total. The summed E-state index contributed by atoms with van der Waals surface area (Å²) in [4.78, 5) is 17.8. The molecule has 1 aliphatic rings. The quantitative estimate of drug-likeness (QED) is 0.588. The molecule has 0 radical (unpaired) electrons. The van der Waals surface area contributed by atoms with Gasteiger partial charge in [-0.15, -0.1) is 0 Å². The maximum Gasteiger partial charge on any atom is 0.435 e. The Labute approximate surface area is 172 Å². The number of carbonyl (C=O) groups excluding carboxylic acids is 1. The predicted octanol–water partition coefficient (Wildman–Crippen LogP) is 2.82. The number of halogens is 3. The summed E-state index contributed by atoms with van der Waals surface area (Å²) in [5.41, 5.74) is 7.78. The first kappa shape index (κ1) is 21.4. The first-order valence-corrected chi connectivity index (χ1v) is 9.31. The number of aryl methyl sites for hydroxylation is 1. The van der Waals surface area contributed by atoms with Gasteiger partial charge in [-0.3, -0.25) is 9.48 Å². The van der Waals surface area contributed by atoms with E-state index in [-0.39, 0.29) is 17.3 Å². The van der Waals surface area contributed by atoms with E-state index >= 15 is 0 Å². The van der Waals surface area contributed by atoms with Crippen LogP contribution in [0.25, 0.3) is 11.1 Å². The molecule has 0 atom stereocenters. The highest BCUT2D eigenvalue weighted by molar-refractivity contribution is 6.00. The molecule has 1 aromatic heterocycles. The van der Waals surface area contributed by atoms with Crippen LogP contribution in [0.3, 0.4) is 0 Å². The van der Waals surface area contributed by atoms with Crippen LogP contribution in [0.15, 0.2) is 46.7 Å². The summed E-state index contributed by atoms with van der Waals surface area (Å²) < 4.78 is 40.8. The molecule has 1 aromatic carbocycles. The van der Waals surface area contributed by atoms with E-state index in [1.54, 1.807) is 36.2 Å². The Kier molecular flexibility index (Phi) is 5.86. The summed E-state index contributed by atoms with van der Waals surface area (Å²) >= 11 is 0. The fourth-order valence-electron chi connectivity index (χ4n) is 3.37. The zero-order valence-electron chi connectivity index (χ0n) is 16.9. The molecular formula is C20H23F3N6O. The number of benzene rings is 1. The molecule has 7 nitrogen and oxygen atoms in total. The normalized spacial score (nSPS) is 15.5. The average molecular weight is 420 g/mol. The molecule has 1 aliphatic heterocycles. The maximum atomic E-state index is 13.2. The maximum absolute atomic E-state index is 13.2. The van der Waals surface area contributed by atoms with Crippen molar-refractivity contribution in [3.8, 4) is 11.1 Å². The van der Waals surface area contributed by atoms with Gasteiger partial charge in [0.05, 0.1) is 12.2 Å². The molecule has 0 saturated carbocycles. The first-order chi connectivity index (χ1) is 14.1. The highest BCUT2D eigenvalue weighted by Gasteiger charge is 2.37. The summed E-state index contributed by atoms with van der Waals surface area (Å²) in [6.07, 6.45) is -2.57. The molecule has 0 fully saturated rings. The van der Waals surface area contributed by atoms with Gasteiger partial charge < -0.3 is 16.0 Å². The molecule has 0 saturated heterocycles. The lowest BCUT2D eigenvalue weighted by molar-refractivity contribution is -0.141. The van der Waals surface area contributed by atoms with Crippen molar-refractivity contribution < 1.29 is 18.0 Å². The van der Waals surface area contributed by atoms with Crippen molar-refractivity contribution >= 4 is 17.4 Å². The minimum Gasteiger partial charge on any atom is -0.391 e. The van der Waals surface area contributed by atoms with Crippen molar-refractivity contribution in [2.75, 3.05) is 20.1 Å². The summed E-state index contributed by atoms with van der Waals surface area (Å²) in [5.74, 6) is 0.215. The molecule has 0 bridgehead atoms. The number of amidine groups is 1. The number of nitrogens with two attached hydrogens (primary N) is 1. The SMILES string of the molecule is CNC1=C(C(N)=Nc2ccc(-c3cn(C)nc3C(F)(F)F)cc2)CN(C(C)=O)CC1. The van der Waals surface area contributed by atoms with E-state index in [2.05, 4.69) is 15.4 Å². The largest absolute Gasteiger partial charge is 0.435 e. The number of hydrogen-bond acceptors (Lipinski definition) is 4. The zero-order chi connectivity index (χ0) is 22.1. The number of amides is 1. The number of nitrogens with one attached hydrogen (secondary N) is 1. The van der Waals surface area contributed by atoms with Crippen LogP contribution in [0.1, 0.15) is 19.0 Å². The monoisotopic (exact) mass is 420 g/mol. The minimum atomic E-state index is -4.54. The molecular weight excluding hydrogens is 397 g/mol. The van der Waals surface area contributed by atoms with Gasteiger partial charge in [0.25, 0.3) is 0 Å². The first-order valence-electron chi connectivity index (χ1n) is 9.31. The topological polar surface area (TPSA) is 88.5 Å². The number of aromatic nitrogens is 2. The van der Waals surface area contributed by atoms with Crippen LogP contribution in [-0.2, 0) is 18.0 Å². The highest BCUT2D eigenvalue weighted by Crippen LogP contribution is 2.36. The van der Waals surface area contributed by atoms with Gasteiger partial charge >= 0.3 is 6.18 Å². The number of alkyl halides is 3. The van der Waals surface area contributed by atoms with E-state index in [0.29, 0.717) is 30.8 Å². The second-order valence-corrected chi connectivity index (χ2v) is 7.00. The van der Waals surface area contributed by atoms with Crippen LogP contribution < -0.4 is 11.1 Å². The summed E-state index contributed by atoms with van der Waals surface area (Å²) in [6, 6.07) is 6.30. The van der Waals surface area contributed by atoms with Crippen LogP contribution >= 0.6 is 0 Å². The lowest BCUT2D eigenvalue weighted by Gasteiger charge is -2.29. The minimum absolute atomic E-state index is 0.00180. The van der Waals surface area contributed by atoms with Crippen molar-refractivity contribution in [2.45, 2.75) is 19.5 Å². The highest BCUT2D eigenvalue weighted by atomic mass is 19.4. The Morgan fingerprint density at radius 3 is 2.50 bits per heavy atom. The van der Waals surface area contributed by atoms with Crippen molar-refractivity contribution in [1.29, 1.82) is 0 Å². The summed E-state index contributed by atoms with van der Waals surface area (Å²) in [5, 5.41) is 6.63. The standard InChI is InChI=1S/C20H23F3N6O/c1-12(30)29-9-8-17(25-2)16(11-29)19(24)26-14-6-4-13(5-7-14)15-10-28(3)27-18(15)20(21,22)23/h4-7,10,25H,8-9,11H2,1-3H3,(H2,24,26). The Bertz CT molecular complexity index is 1000. The molecule has 3 rings (SSSR count). The van der Waals surface area contributed by atoms with E-state index in [1.165, 1.54) is 20.2 Å². The predicted molar refractivity (Wildman–Crippen MR) is 108 cm³/mol. The summed E-state index contributed by atoms with van der Waals surface area (Å²) in [6.45, 7) is 2.45. The number of aliphatic imine (C=N–C) groups is 1. The van der Waals surface area contributed by atoms with Crippen molar-refractivity contribution in [3.05, 3.63) is 47.4 Å². The zero-order valence-corrected chi connectivity index (χ0v) is 16.9. The average Bonchev–Trinajstić information content (AvgIpc) is 3.10. The fourth-order valence-corrected chi connectivity index (χ4v) is 3.37. The number of carbonyl (C=O) groups is 1. The molecule has 0 spiro atoms. The third kappa shape index (κ3) is 4.47. The third-order valence-corrected chi connectivity index (χ3v) is 4.93. The van der Waals surface area contributed by atoms with Gasteiger partial charge in [0.1, 0.15) is 5.84 Å². The van der Waals surface area contributed by atoms with Crippen LogP contribution in [0.4, 0.5) is 18.9 Å². The number of hydrogen-bond donors (Lipinski definition) is 2. The van der Waals surface area contributed by atoms with Gasteiger partial charge in [0.2, 0.25) is 5.91 Å². The second kappa shape index (κ2) is 8.21. The Morgan fingerprint density at radius 2 is 1.93 bits per heavy atom.